The lowest BCUT2D eigenvalue weighted by molar-refractivity contribution is -0.0512. The second-order valence-corrected chi connectivity index (χ2v) is 5.99. The molecule has 0 aliphatic rings. The Balaban J connectivity index is 2.12. The number of carbonyl (C=O) groups is 1. The number of alkyl halides is 2. The Bertz CT molecular complexity index is 767. The summed E-state index contributed by atoms with van der Waals surface area (Å²) in [6.07, 6.45) is 0. The van der Waals surface area contributed by atoms with Crippen molar-refractivity contribution < 1.29 is 27.4 Å². The fraction of sp³-hybridized carbons (Fsp3) is 0.316. The van der Waals surface area contributed by atoms with E-state index in [1.807, 2.05) is 19.0 Å². The average molecular weight is 382 g/mol. The predicted octanol–water partition coefficient (Wildman–Crippen LogP) is 3.47. The minimum Gasteiger partial charge on any atom is -0.493 e. The van der Waals surface area contributed by atoms with Crippen LogP contribution in [-0.4, -0.2) is 45.2 Å². The second kappa shape index (κ2) is 9.27. The maximum atomic E-state index is 13.1. The quantitative estimate of drug-likeness (QED) is 0.760. The molecule has 146 valence electrons. The number of likely N-dealkylation sites (N-methyl/N-ethyl adjacent to an activating group) is 1. The van der Waals surface area contributed by atoms with Crippen LogP contribution in [0.5, 0.6) is 11.5 Å². The molecule has 1 N–H and O–H groups in total. The van der Waals surface area contributed by atoms with Gasteiger partial charge in [0.05, 0.1) is 13.2 Å². The average Bonchev–Trinajstić information content (AvgIpc) is 2.62. The highest BCUT2D eigenvalue weighted by Crippen LogP contribution is 2.29. The van der Waals surface area contributed by atoms with E-state index in [1.54, 1.807) is 12.1 Å². The molecule has 2 rings (SSSR count). The van der Waals surface area contributed by atoms with Crippen molar-refractivity contribution in [3.63, 3.8) is 0 Å². The first-order chi connectivity index (χ1) is 12.8. The summed E-state index contributed by atoms with van der Waals surface area (Å²) in [7, 11) is 4.99. The number of halogens is 3. The third-order valence-electron chi connectivity index (χ3n) is 3.98. The third kappa shape index (κ3) is 5.62. The standard InChI is InChI=1S/C19H21F3N2O3/c1-24(2)15(12-4-7-14(20)8-5-12)11-23-18(25)13-6-9-16(26-3)17(10-13)27-19(21)22/h4-10,15,19H,11H2,1-3H3,(H,23,25). The number of hydrogen-bond donors (Lipinski definition) is 1. The Kier molecular flexibility index (Phi) is 7.06. The van der Waals surface area contributed by atoms with Crippen molar-refractivity contribution in [2.45, 2.75) is 12.7 Å². The summed E-state index contributed by atoms with van der Waals surface area (Å²) in [6, 6.07) is 9.84. The van der Waals surface area contributed by atoms with Gasteiger partial charge in [0.15, 0.2) is 11.5 Å². The van der Waals surface area contributed by atoms with Crippen LogP contribution in [0.15, 0.2) is 42.5 Å². The van der Waals surface area contributed by atoms with Crippen molar-refractivity contribution in [2.24, 2.45) is 0 Å². The molecule has 0 aliphatic carbocycles. The van der Waals surface area contributed by atoms with Crippen LogP contribution in [0.2, 0.25) is 0 Å². The molecular weight excluding hydrogens is 361 g/mol. The summed E-state index contributed by atoms with van der Waals surface area (Å²) in [5.41, 5.74) is 0.987. The highest BCUT2D eigenvalue weighted by molar-refractivity contribution is 5.94. The highest BCUT2D eigenvalue weighted by Gasteiger charge is 2.18. The van der Waals surface area contributed by atoms with Crippen LogP contribution in [0.3, 0.4) is 0 Å². The number of ether oxygens (including phenoxy) is 2. The lowest BCUT2D eigenvalue weighted by atomic mass is 10.1. The first kappa shape index (κ1) is 20.6. The lowest BCUT2D eigenvalue weighted by Crippen LogP contribution is -2.34. The number of methoxy groups -OCH3 is 1. The Hall–Kier alpha value is -2.74. The fourth-order valence-corrected chi connectivity index (χ4v) is 2.58. The third-order valence-corrected chi connectivity index (χ3v) is 3.98. The summed E-state index contributed by atoms with van der Waals surface area (Å²) in [6.45, 7) is -2.79. The van der Waals surface area contributed by atoms with Gasteiger partial charge in [-0.15, -0.1) is 0 Å². The zero-order valence-corrected chi connectivity index (χ0v) is 15.2. The van der Waals surface area contributed by atoms with E-state index in [2.05, 4.69) is 10.1 Å². The molecule has 0 saturated carbocycles. The summed E-state index contributed by atoms with van der Waals surface area (Å²) in [5.74, 6) is -0.914. The van der Waals surface area contributed by atoms with Crippen LogP contribution >= 0.6 is 0 Å². The van der Waals surface area contributed by atoms with Gasteiger partial charge in [-0.2, -0.15) is 8.78 Å². The van der Waals surface area contributed by atoms with Crippen molar-refractivity contribution in [3.05, 3.63) is 59.4 Å². The molecule has 2 aromatic carbocycles. The molecule has 1 unspecified atom stereocenters. The molecular formula is C19H21F3N2O3. The largest absolute Gasteiger partial charge is 0.493 e. The van der Waals surface area contributed by atoms with Gasteiger partial charge in [-0.05, 0) is 50.0 Å². The summed E-state index contributed by atoms with van der Waals surface area (Å²) < 4.78 is 47.5. The minimum atomic E-state index is -3.03. The van der Waals surface area contributed by atoms with E-state index in [0.717, 1.165) is 5.56 Å². The van der Waals surface area contributed by atoms with E-state index < -0.39 is 12.5 Å². The van der Waals surface area contributed by atoms with E-state index in [4.69, 9.17) is 4.74 Å². The van der Waals surface area contributed by atoms with Crippen LogP contribution in [0.4, 0.5) is 13.2 Å². The SMILES string of the molecule is COc1ccc(C(=O)NCC(c2ccc(F)cc2)N(C)C)cc1OC(F)F. The van der Waals surface area contributed by atoms with Crippen LogP contribution in [0, 0.1) is 5.82 Å². The fourth-order valence-electron chi connectivity index (χ4n) is 2.58. The number of benzene rings is 2. The Morgan fingerprint density at radius 3 is 2.33 bits per heavy atom. The highest BCUT2D eigenvalue weighted by atomic mass is 19.3. The van der Waals surface area contributed by atoms with Crippen LogP contribution in [0.25, 0.3) is 0 Å². The topological polar surface area (TPSA) is 50.8 Å². The molecule has 0 bridgehead atoms. The monoisotopic (exact) mass is 382 g/mol. The molecule has 27 heavy (non-hydrogen) atoms. The van der Waals surface area contributed by atoms with E-state index in [-0.39, 0.29) is 35.5 Å². The molecule has 0 spiro atoms. The van der Waals surface area contributed by atoms with E-state index >= 15 is 0 Å². The Morgan fingerprint density at radius 1 is 1.11 bits per heavy atom. The summed E-state index contributed by atoms with van der Waals surface area (Å²) in [5, 5.41) is 2.75. The van der Waals surface area contributed by atoms with Gasteiger partial charge in [0.2, 0.25) is 0 Å². The maximum absolute atomic E-state index is 13.1. The molecule has 2 aromatic rings. The van der Waals surface area contributed by atoms with Gasteiger partial charge in [-0.25, -0.2) is 4.39 Å². The zero-order chi connectivity index (χ0) is 20.0. The molecule has 0 aromatic heterocycles. The predicted molar refractivity (Wildman–Crippen MR) is 94.8 cm³/mol. The van der Waals surface area contributed by atoms with Crippen molar-refractivity contribution in [2.75, 3.05) is 27.7 Å². The second-order valence-electron chi connectivity index (χ2n) is 5.99. The van der Waals surface area contributed by atoms with E-state index in [0.29, 0.717) is 0 Å². The number of amides is 1. The molecule has 0 radical (unpaired) electrons. The van der Waals surface area contributed by atoms with Crippen molar-refractivity contribution in [1.29, 1.82) is 0 Å². The minimum absolute atomic E-state index is 0.101. The Morgan fingerprint density at radius 2 is 1.78 bits per heavy atom. The molecule has 0 aliphatic heterocycles. The smallest absolute Gasteiger partial charge is 0.387 e. The van der Waals surface area contributed by atoms with Crippen LogP contribution in [-0.2, 0) is 0 Å². The zero-order valence-electron chi connectivity index (χ0n) is 15.2. The number of nitrogens with zero attached hydrogens (tertiary/aromatic N) is 1. The number of rotatable bonds is 8. The summed E-state index contributed by atoms with van der Waals surface area (Å²) in [4.78, 5) is 14.3. The number of hydrogen-bond acceptors (Lipinski definition) is 4. The van der Waals surface area contributed by atoms with Gasteiger partial charge < -0.3 is 19.7 Å². The van der Waals surface area contributed by atoms with Crippen LogP contribution in [0.1, 0.15) is 22.0 Å². The molecule has 0 fully saturated rings. The maximum Gasteiger partial charge on any atom is 0.387 e. The first-order valence-corrected chi connectivity index (χ1v) is 8.14. The first-order valence-electron chi connectivity index (χ1n) is 8.14. The van der Waals surface area contributed by atoms with Crippen molar-refractivity contribution >= 4 is 5.91 Å². The molecule has 5 nitrogen and oxygen atoms in total. The van der Waals surface area contributed by atoms with Crippen molar-refractivity contribution in [1.82, 2.24) is 10.2 Å². The van der Waals surface area contributed by atoms with Gasteiger partial charge in [0, 0.05) is 12.1 Å². The van der Waals surface area contributed by atoms with Gasteiger partial charge in [0.1, 0.15) is 5.82 Å². The summed E-state index contributed by atoms with van der Waals surface area (Å²) >= 11 is 0. The van der Waals surface area contributed by atoms with Gasteiger partial charge in [-0.1, -0.05) is 12.1 Å². The van der Waals surface area contributed by atoms with Crippen molar-refractivity contribution in [3.8, 4) is 11.5 Å². The Labute approximate surface area is 155 Å². The van der Waals surface area contributed by atoms with Crippen LogP contribution < -0.4 is 14.8 Å². The molecule has 0 saturated heterocycles. The van der Waals surface area contributed by atoms with Gasteiger partial charge in [0.25, 0.3) is 5.91 Å². The molecule has 8 heteroatoms. The molecule has 1 atom stereocenters. The number of nitrogens with one attached hydrogen (secondary N) is 1. The normalized spacial score (nSPS) is 12.1. The molecule has 0 heterocycles. The van der Waals surface area contributed by atoms with E-state index in [9.17, 15) is 18.0 Å². The van der Waals surface area contributed by atoms with E-state index in [1.165, 1.54) is 37.4 Å². The van der Waals surface area contributed by atoms with Gasteiger partial charge in [-0.3, -0.25) is 4.79 Å². The molecule has 1 amide bonds. The number of carbonyl (C=O) groups excluding carboxylic acids is 1. The van der Waals surface area contributed by atoms with Gasteiger partial charge >= 0.3 is 6.61 Å². The lowest BCUT2D eigenvalue weighted by Gasteiger charge is -2.25.